The van der Waals surface area contributed by atoms with Crippen molar-refractivity contribution in [3.63, 3.8) is 0 Å². The molecule has 86 valence electrons. The summed E-state index contributed by atoms with van der Waals surface area (Å²) in [5.74, 6) is -0.113. The standard InChI is InChI=1S/C13H16O3/c1-3-8-16-12-6-4-11(5-7-12)10(2)9-13(14)15/h4-7,9H,3,8H2,1-2H3,(H,14,15). The van der Waals surface area contributed by atoms with E-state index in [1.54, 1.807) is 6.92 Å². The molecule has 0 fully saturated rings. The second-order valence-corrected chi connectivity index (χ2v) is 3.54. The molecule has 0 aliphatic rings. The summed E-state index contributed by atoms with van der Waals surface area (Å²) in [6.45, 7) is 4.52. The number of carboxylic acid groups (broad SMARTS) is 1. The highest BCUT2D eigenvalue weighted by atomic mass is 16.5. The topological polar surface area (TPSA) is 46.5 Å². The number of hydrogen-bond donors (Lipinski definition) is 1. The zero-order valence-corrected chi connectivity index (χ0v) is 9.56. The molecule has 0 saturated carbocycles. The third kappa shape index (κ3) is 3.77. The molecule has 0 unspecified atom stereocenters. The van der Waals surface area contributed by atoms with E-state index in [-0.39, 0.29) is 0 Å². The van der Waals surface area contributed by atoms with Gasteiger partial charge in [0.1, 0.15) is 5.75 Å². The van der Waals surface area contributed by atoms with Gasteiger partial charge in [-0.2, -0.15) is 0 Å². The minimum atomic E-state index is -0.927. The lowest BCUT2D eigenvalue weighted by Gasteiger charge is -2.05. The summed E-state index contributed by atoms with van der Waals surface area (Å²) in [4.78, 5) is 10.5. The third-order valence-corrected chi connectivity index (χ3v) is 2.12. The summed E-state index contributed by atoms with van der Waals surface area (Å²) in [6.07, 6.45) is 2.17. The molecule has 1 N–H and O–H groups in total. The predicted octanol–water partition coefficient (Wildman–Crippen LogP) is 2.96. The van der Waals surface area contributed by atoms with Crippen molar-refractivity contribution in [2.75, 3.05) is 6.61 Å². The van der Waals surface area contributed by atoms with Crippen LogP contribution < -0.4 is 4.74 Å². The smallest absolute Gasteiger partial charge is 0.328 e. The van der Waals surface area contributed by atoms with Crippen LogP contribution in [-0.2, 0) is 4.79 Å². The fraction of sp³-hybridized carbons (Fsp3) is 0.308. The summed E-state index contributed by atoms with van der Waals surface area (Å²) in [5.41, 5.74) is 1.63. The molecule has 3 heteroatoms. The molecule has 0 bridgehead atoms. The Hall–Kier alpha value is -1.77. The van der Waals surface area contributed by atoms with Gasteiger partial charge in [0.25, 0.3) is 0 Å². The van der Waals surface area contributed by atoms with Crippen molar-refractivity contribution < 1.29 is 14.6 Å². The number of carbonyl (C=O) groups is 1. The average Bonchev–Trinajstić information content (AvgIpc) is 2.26. The molecule has 0 heterocycles. The van der Waals surface area contributed by atoms with E-state index in [1.807, 2.05) is 31.2 Å². The highest BCUT2D eigenvalue weighted by molar-refractivity contribution is 5.89. The van der Waals surface area contributed by atoms with Crippen molar-refractivity contribution in [1.29, 1.82) is 0 Å². The van der Waals surface area contributed by atoms with Crippen molar-refractivity contribution in [2.45, 2.75) is 20.3 Å². The monoisotopic (exact) mass is 220 g/mol. The number of allylic oxidation sites excluding steroid dienone is 1. The average molecular weight is 220 g/mol. The second-order valence-electron chi connectivity index (χ2n) is 3.54. The Labute approximate surface area is 95.4 Å². The molecule has 0 aliphatic heterocycles. The normalized spacial score (nSPS) is 11.2. The first-order valence-corrected chi connectivity index (χ1v) is 5.28. The van der Waals surface area contributed by atoms with E-state index in [0.717, 1.165) is 23.3 Å². The number of benzene rings is 1. The molecule has 0 amide bonds. The number of ether oxygens (including phenoxy) is 1. The molecular formula is C13H16O3. The van der Waals surface area contributed by atoms with Crippen molar-refractivity contribution in [1.82, 2.24) is 0 Å². The molecule has 1 rings (SSSR count). The van der Waals surface area contributed by atoms with Gasteiger partial charge in [-0.05, 0) is 36.6 Å². The molecule has 3 nitrogen and oxygen atoms in total. The quantitative estimate of drug-likeness (QED) is 0.776. The van der Waals surface area contributed by atoms with Gasteiger partial charge in [-0.3, -0.25) is 0 Å². The lowest BCUT2D eigenvalue weighted by Crippen LogP contribution is -1.95. The van der Waals surface area contributed by atoms with E-state index >= 15 is 0 Å². The zero-order valence-electron chi connectivity index (χ0n) is 9.56. The van der Waals surface area contributed by atoms with Crippen molar-refractivity contribution in [3.8, 4) is 5.75 Å². The largest absolute Gasteiger partial charge is 0.494 e. The van der Waals surface area contributed by atoms with Gasteiger partial charge >= 0.3 is 5.97 Å². The Morgan fingerprint density at radius 2 is 2.00 bits per heavy atom. The molecule has 0 saturated heterocycles. The molecule has 0 radical (unpaired) electrons. The Kier molecular flexibility index (Phi) is 4.58. The van der Waals surface area contributed by atoms with Gasteiger partial charge in [0.15, 0.2) is 0 Å². The van der Waals surface area contributed by atoms with Gasteiger partial charge in [-0.25, -0.2) is 4.79 Å². The van der Waals surface area contributed by atoms with Crippen LogP contribution in [0.2, 0.25) is 0 Å². The van der Waals surface area contributed by atoms with Gasteiger partial charge in [-0.15, -0.1) is 0 Å². The first-order valence-electron chi connectivity index (χ1n) is 5.28. The summed E-state index contributed by atoms with van der Waals surface area (Å²) >= 11 is 0. The highest BCUT2D eigenvalue weighted by Gasteiger charge is 1.99. The van der Waals surface area contributed by atoms with Crippen LogP contribution in [0.3, 0.4) is 0 Å². The molecule has 0 aliphatic carbocycles. The van der Waals surface area contributed by atoms with E-state index in [9.17, 15) is 4.79 Å². The van der Waals surface area contributed by atoms with Crippen LogP contribution in [0.1, 0.15) is 25.8 Å². The Bertz CT molecular complexity index is 377. The summed E-state index contributed by atoms with van der Waals surface area (Å²) in [7, 11) is 0. The van der Waals surface area contributed by atoms with Crippen LogP contribution in [0.15, 0.2) is 30.3 Å². The number of aliphatic carboxylic acids is 1. The minimum absolute atomic E-state index is 0.698. The SMILES string of the molecule is CCCOc1ccc(C(C)=CC(=O)O)cc1. The van der Waals surface area contributed by atoms with E-state index in [2.05, 4.69) is 0 Å². The van der Waals surface area contributed by atoms with Gasteiger partial charge < -0.3 is 9.84 Å². The lowest BCUT2D eigenvalue weighted by molar-refractivity contribution is -0.131. The van der Waals surface area contributed by atoms with Crippen LogP contribution in [0.4, 0.5) is 0 Å². The molecule has 16 heavy (non-hydrogen) atoms. The van der Waals surface area contributed by atoms with Crippen molar-refractivity contribution in [3.05, 3.63) is 35.9 Å². The van der Waals surface area contributed by atoms with E-state index in [4.69, 9.17) is 9.84 Å². The molecule has 0 aromatic heterocycles. The van der Waals surface area contributed by atoms with Crippen molar-refractivity contribution in [2.24, 2.45) is 0 Å². The van der Waals surface area contributed by atoms with Gasteiger partial charge in [0.05, 0.1) is 6.61 Å². The first-order chi connectivity index (χ1) is 7.63. The Balaban J connectivity index is 2.74. The molecule has 1 aromatic rings. The molecule has 1 aromatic carbocycles. The lowest BCUT2D eigenvalue weighted by atomic mass is 10.1. The van der Waals surface area contributed by atoms with Crippen LogP contribution in [0.5, 0.6) is 5.75 Å². The number of hydrogen-bond acceptors (Lipinski definition) is 2. The van der Waals surface area contributed by atoms with Crippen molar-refractivity contribution >= 4 is 11.5 Å². The maximum absolute atomic E-state index is 10.5. The Morgan fingerprint density at radius 3 is 2.50 bits per heavy atom. The van der Waals surface area contributed by atoms with Crippen LogP contribution in [0.25, 0.3) is 5.57 Å². The molecular weight excluding hydrogens is 204 g/mol. The second kappa shape index (κ2) is 5.95. The highest BCUT2D eigenvalue weighted by Crippen LogP contribution is 2.18. The molecule has 0 spiro atoms. The fourth-order valence-electron chi connectivity index (χ4n) is 1.30. The number of rotatable bonds is 5. The Morgan fingerprint density at radius 1 is 1.38 bits per heavy atom. The van der Waals surface area contributed by atoms with Gasteiger partial charge in [0, 0.05) is 6.08 Å². The van der Waals surface area contributed by atoms with Crippen LogP contribution in [-0.4, -0.2) is 17.7 Å². The third-order valence-electron chi connectivity index (χ3n) is 2.12. The summed E-state index contributed by atoms with van der Waals surface area (Å²) in [5, 5.41) is 8.61. The molecule has 0 atom stereocenters. The van der Waals surface area contributed by atoms with Crippen LogP contribution >= 0.6 is 0 Å². The van der Waals surface area contributed by atoms with Gasteiger partial charge in [-0.1, -0.05) is 19.1 Å². The summed E-state index contributed by atoms with van der Waals surface area (Å²) < 4.78 is 5.44. The van der Waals surface area contributed by atoms with E-state index in [0.29, 0.717) is 6.61 Å². The first kappa shape index (κ1) is 12.3. The summed E-state index contributed by atoms with van der Waals surface area (Å²) in [6, 6.07) is 7.42. The number of carboxylic acids is 1. The van der Waals surface area contributed by atoms with Crippen LogP contribution in [0, 0.1) is 0 Å². The minimum Gasteiger partial charge on any atom is -0.494 e. The fourth-order valence-corrected chi connectivity index (χ4v) is 1.30. The van der Waals surface area contributed by atoms with E-state index < -0.39 is 5.97 Å². The maximum Gasteiger partial charge on any atom is 0.328 e. The van der Waals surface area contributed by atoms with E-state index in [1.165, 1.54) is 6.08 Å². The zero-order chi connectivity index (χ0) is 12.0. The predicted molar refractivity (Wildman–Crippen MR) is 63.5 cm³/mol. The maximum atomic E-state index is 10.5. The van der Waals surface area contributed by atoms with Gasteiger partial charge in [0.2, 0.25) is 0 Å².